The van der Waals surface area contributed by atoms with Gasteiger partial charge in [-0.2, -0.15) is 0 Å². The van der Waals surface area contributed by atoms with Gasteiger partial charge in [-0.05, 0) is 38.5 Å². The molecule has 0 heterocycles. The maximum Gasteiger partial charge on any atom is 0.488 e. The summed E-state index contributed by atoms with van der Waals surface area (Å²) in [5, 5.41) is 21.1. The molecule has 19 heavy (non-hydrogen) atoms. The first-order valence-corrected chi connectivity index (χ1v) is 6.28. The summed E-state index contributed by atoms with van der Waals surface area (Å²) in [7, 11) is -1.42. The van der Waals surface area contributed by atoms with Crippen molar-refractivity contribution < 1.29 is 10.0 Å². The van der Waals surface area contributed by atoms with E-state index in [1.165, 1.54) is 21.9 Å². The lowest BCUT2D eigenvalue weighted by Crippen LogP contribution is -2.29. The first kappa shape index (κ1) is 10.8. The highest BCUT2D eigenvalue weighted by Gasteiger charge is 2.22. The molecule has 3 heteroatoms. The summed E-state index contributed by atoms with van der Waals surface area (Å²) in [6.45, 7) is 0. The molecular weight excluding hydrogens is 235 g/mol. The fourth-order valence-electron chi connectivity index (χ4n) is 2.97. The standard InChI is InChI=1S/C16H11BO2/c18-17(19)11-7-8-12-13-5-1-3-10-4-2-6-14(16(10)13)15(12)9-11/h1-9,18-19H. The molecule has 3 aromatic rings. The lowest BCUT2D eigenvalue weighted by molar-refractivity contribution is 0.426. The largest absolute Gasteiger partial charge is 0.488 e. The molecule has 0 amide bonds. The number of hydrogen-bond donors (Lipinski definition) is 2. The lowest BCUT2D eigenvalue weighted by atomic mass is 9.78. The van der Waals surface area contributed by atoms with Crippen molar-refractivity contribution in [3.05, 3.63) is 54.6 Å². The maximum absolute atomic E-state index is 9.32. The van der Waals surface area contributed by atoms with Gasteiger partial charge < -0.3 is 10.0 Å². The van der Waals surface area contributed by atoms with Crippen molar-refractivity contribution in [3.8, 4) is 22.3 Å². The molecule has 1 aliphatic carbocycles. The molecule has 3 aromatic carbocycles. The zero-order valence-electron chi connectivity index (χ0n) is 10.2. The first-order valence-electron chi connectivity index (χ1n) is 6.28. The minimum atomic E-state index is -1.42. The summed E-state index contributed by atoms with van der Waals surface area (Å²) < 4.78 is 0. The van der Waals surface area contributed by atoms with Crippen LogP contribution in [0.25, 0.3) is 33.0 Å². The average molecular weight is 246 g/mol. The third kappa shape index (κ3) is 1.40. The molecule has 2 N–H and O–H groups in total. The van der Waals surface area contributed by atoms with Crippen LogP contribution in [0.1, 0.15) is 0 Å². The van der Waals surface area contributed by atoms with E-state index in [9.17, 15) is 10.0 Å². The van der Waals surface area contributed by atoms with Crippen LogP contribution in [-0.4, -0.2) is 17.2 Å². The third-order valence-corrected chi connectivity index (χ3v) is 3.83. The van der Waals surface area contributed by atoms with Crippen LogP contribution in [0.3, 0.4) is 0 Å². The van der Waals surface area contributed by atoms with E-state index >= 15 is 0 Å². The summed E-state index contributed by atoms with van der Waals surface area (Å²) in [6.07, 6.45) is 0. The highest BCUT2D eigenvalue weighted by atomic mass is 16.4. The summed E-state index contributed by atoms with van der Waals surface area (Å²) in [6, 6.07) is 18.1. The quantitative estimate of drug-likeness (QED) is 0.505. The molecule has 0 unspecified atom stereocenters. The minimum absolute atomic E-state index is 0.531. The van der Waals surface area contributed by atoms with Crippen molar-refractivity contribution >= 4 is 23.4 Å². The van der Waals surface area contributed by atoms with Gasteiger partial charge in [-0.15, -0.1) is 0 Å². The molecule has 0 aromatic heterocycles. The fourth-order valence-corrected chi connectivity index (χ4v) is 2.97. The summed E-state index contributed by atoms with van der Waals surface area (Å²) in [5.41, 5.74) is 5.17. The van der Waals surface area contributed by atoms with E-state index in [2.05, 4.69) is 30.3 Å². The second-order valence-corrected chi connectivity index (χ2v) is 4.89. The van der Waals surface area contributed by atoms with Gasteiger partial charge in [-0.3, -0.25) is 0 Å². The molecule has 0 fully saturated rings. The minimum Gasteiger partial charge on any atom is -0.423 e. The van der Waals surface area contributed by atoms with Gasteiger partial charge in [0.05, 0.1) is 0 Å². The summed E-state index contributed by atoms with van der Waals surface area (Å²) in [5.74, 6) is 0. The molecule has 0 radical (unpaired) electrons. The predicted molar refractivity (Wildman–Crippen MR) is 78.2 cm³/mol. The van der Waals surface area contributed by atoms with Crippen LogP contribution in [0.5, 0.6) is 0 Å². The van der Waals surface area contributed by atoms with Crippen molar-refractivity contribution in [1.82, 2.24) is 0 Å². The average Bonchev–Trinajstić information content (AvgIpc) is 2.76. The van der Waals surface area contributed by atoms with Crippen LogP contribution < -0.4 is 5.46 Å². The number of benzene rings is 3. The second kappa shape index (κ2) is 3.70. The van der Waals surface area contributed by atoms with Crippen molar-refractivity contribution in [3.63, 3.8) is 0 Å². The Hall–Kier alpha value is -2.10. The van der Waals surface area contributed by atoms with Crippen LogP contribution >= 0.6 is 0 Å². The third-order valence-electron chi connectivity index (χ3n) is 3.83. The van der Waals surface area contributed by atoms with E-state index in [0.717, 1.165) is 11.1 Å². The fraction of sp³-hybridized carbons (Fsp3) is 0. The molecule has 2 nitrogen and oxygen atoms in total. The smallest absolute Gasteiger partial charge is 0.423 e. The Morgan fingerprint density at radius 3 is 2.05 bits per heavy atom. The molecule has 0 bridgehead atoms. The monoisotopic (exact) mass is 246 g/mol. The topological polar surface area (TPSA) is 40.5 Å². The Kier molecular flexibility index (Phi) is 2.10. The van der Waals surface area contributed by atoms with Crippen molar-refractivity contribution in [2.45, 2.75) is 0 Å². The Morgan fingerprint density at radius 1 is 0.684 bits per heavy atom. The number of fused-ring (bicyclic) bond motifs is 3. The molecular formula is C16H11BO2. The van der Waals surface area contributed by atoms with E-state index in [-0.39, 0.29) is 0 Å². The molecule has 0 spiro atoms. The zero-order chi connectivity index (χ0) is 13.0. The van der Waals surface area contributed by atoms with E-state index in [0.29, 0.717) is 5.46 Å². The van der Waals surface area contributed by atoms with Crippen LogP contribution in [-0.2, 0) is 0 Å². The highest BCUT2D eigenvalue weighted by Crippen LogP contribution is 2.46. The van der Waals surface area contributed by atoms with Gasteiger partial charge in [0.1, 0.15) is 0 Å². The molecule has 0 saturated carbocycles. The van der Waals surface area contributed by atoms with Crippen LogP contribution in [0.4, 0.5) is 0 Å². The van der Waals surface area contributed by atoms with Gasteiger partial charge in [0.15, 0.2) is 0 Å². The second-order valence-electron chi connectivity index (χ2n) is 4.89. The summed E-state index contributed by atoms with van der Waals surface area (Å²) in [4.78, 5) is 0. The Bertz CT molecular complexity index is 804. The molecule has 90 valence electrons. The lowest BCUT2D eigenvalue weighted by Gasteiger charge is -2.05. The summed E-state index contributed by atoms with van der Waals surface area (Å²) >= 11 is 0. The van der Waals surface area contributed by atoms with Gasteiger partial charge in [0.25, 0.3) is 0 Å². The van der Waals surface area contributed by atoms with Gasteiger partial charge >= 0.3 is 7.12 Å². The SMILES string of the molecule is OB(O)c1ccc2c(c1)-c1cccc3cccc-2c13. The van der Waals surface area contributed by atoms with E-state index < -0.39 is 7.12 Å². The number of hydrogen-bond acceptors (Lipinski definition) is 2. The molecule has 1 aliphatic rings. The Labute approximate surface area is 111 Å². The zero-order valence-corrected chi connectivity index (χ0v) is 10.2. The van der Waals surface area contributed by atoms with Crippen LogP contribution in [0.15, 0.2) is 54.6 Å². The Balaban J connectivity index is 2.12. The number of rotatable bonds is 1. The van der Waals surface area contributed by atoms with Gasteiger partial charge in [0.2, 0.25) is 0 Å². The highest BCUT2D eigenvalue weighted by molar-refractivity contribution is 6.58. The van der Waals surface area contributed by atoms with Gasteiger partial charge in [-0.25, -0.2) is 0 Å². The Morgan fingerprint density at radius 2 is 1.37 bits per heavy atom. The van der Waals surface area contributed by atoms with Crippen LogP contribution in [0.2, 0.25) is 0 Å². The van der Waals surface area contributed by atoms with Gasteiger partial charge in [0, 0.05) is 0 Å². The van der Waals surface area contributed by atoms with Crippen molar-refractivity contribution in [1.29, 1.82) is 0 Å². The van der Waals surface area contributed by atoms with Gasteiger partial charge in [-0.1, -0.05) is 54.6 Å². The van der Waals surface area contributed by atoms with Crippen LogP contribution in [0, 0.1) is 0 Å². The van der Waals surface area contributed by atoms with E-state index in [4.69, 9.17) is 0 Å². The molecule has 0 aliphatic heterocycles. The predicted octanol–water partition coefficient (Wildman–Crippen LogP) is 2.17. The molecule has 0 atom stereocenters. The van der Waals surface area contributed by atoms with E-state index in [1.54, 1.807) is 6.07 Å². The maximum atomic E-state index is 9.32. The van der Waals surface area contributed by atoms with E-state index in [1.807, 2.05) is 18.2 Å². The first-order chi connectivity index (χ1) is 9.25. The molecule has 0 saturated heterocycles. The normalized spacial score (nSPS) is 11.7. The molecule has 4 rings (SSSR count). The van der Waals surface area contributed by atoms with Crippen molar-refractivity contribution in [2.24, 2.45) is 0 Å². The van der Waals surface area contributed by atoms with Crippen molar-refractivity contribution in [2.75, 3.05) is 0 Å².